The van der Waals surface area contributed by atoms with Crippen LogP contribution in [0.4, 0.5) is 11.4 Å². The minimum Gasteiger partial charge on any atom is -0.386 e. The van der Waals surface area contributed by atoms with Crippen molar-refractivity contribution < 1.29 is 1.43 Å². The Bertz CT molecular complexity index is 769. The Morgan fingerprint density at radius 1 is 1.09 bits per heavy atom. The van der Waals surface area contributed by atoms with E-state index in [9.17, 15) is 0 Å². The summed E-state index contributed by atoms with van der Waals surface area (Å²) in [5, 5.41) is 6.64. The van der Waals surface area contributed by atoms with Crippen LogP contribution < -0.4 is 10.6 Å². The molecular weight excluding hydrogens is 280 g/mol. The largest absolute Gasteiger partial charge is 0.386 e. The first-order valence-electron chi connectivity index (χ1n) is 7.99. The fourth-order valence-corrected chi connectivity index (χ4v) is 2.57. The Balaban J connectivity index is 0.00000208. The average Bonchev–Trinajstić information content (AvgIpc) is 3.42. The topological polar surface area (TPSA) is 24.1 Å². The second-order valence-electron chi connectivity index (χ2n) is 5.49. The summed E-state index contributed by atoms with van der Waals surface area (Å²) in [6.07, 6.45) is 4.28. The normalized spacial score (nSPS) is 13.4. The Morgan fingerprint density at radius 2 is 1.87 bits per heavy atom. The van der Waals surface area contributed by atoms with E-state index in [1.165, 1.54) is 11.1 Å². The standard InChI is InChI=1S/C21H21N2.H2/c1-3-23-21-15-18(12-14-20(21)22-2)19(17-10-11-17)13-9-16-7-5-4-6-8-16;/h4-8,10-12,14-15,19,22-23H,3H2,1-2H3;1H. The zero-order valence-electron chi connectivity index (χ0n) is 13.6. The van der Waals surface area contributed by atoms with Gasteiger partial charge >= 0.3 is 0 Å². The van der Waals surface area contributed by atoms with Crippen LogP contribution in [0.5, 0.6) is 0 Å². The van der Waals surface area contributed by atoms with Crippen LogP contribution in [-0.4, -0.2) is 13.6 Å². The summed E-state index contributed by atoms with van der Waals surface area (Å²) in [7, 11) is 1.94. The summed E-state index contributed by atoms with van der Waals surface area (Å²) in [5.41, 5.74) is 5.81. The molecule has 2 aromatic rings. The van der Waals surface area contributed by atoms with E-state index in [0.29, 0.717) is 0 Å². The van der Waals surface area contributed by atoms with Gasteiger partial charge < -0.3 is 10.6 Å². The fourth-order valence-electron chi connectivity index (χ4n) is 2.57. The van der Waals surface area contributed by atoms with Crippen LogP contribution in [0.25, 0.3) is 0 Å². The Hall–Kier alpha value is -2.66. The molecule has 1 aliphatic carbocycles. The summed E-state index contributed by atoms with van der Waals surface area (Å²) in [6.45, 7) is 3.00. The monoisotopic (exact) mass is 303 g/mol. The van der Waals surface area contributed by atoms with Crippen LogP contribution >= 0.6 is 0 Å². The van der Waals surface area contributed by atoms with E-state index in [4.69, 9.17) is 0 Å². The lowest BCUT2D eigenvalue weighted by atomic mass is 9.95. The highest BCUT2D eigenvalue weighted by atomic mass is 14.9. The first-order chi connectivity index (χ1) is 11.3. The molecule has 0 spiro atoms. The molecule has 1 atom stereocenters. The van der Waals surface area contributed by atoms with Gasteiger partial charge in [0.2, 0.25) is 0 Å². The third kappa shape index (κ3) is 3.76. The molecule has 2 aromatic carbocycles. The third-order valence-corrected chi connectivity index (χ3v) is 3.84. The van der Waals surface area contributed by atoms with Crippen molar-refractivity contribution in [3.8, 4) is 11.8 Å². The molecule has 0 heterocycles. The number of rotatable bonds is 5. The number of allylic oxidation sites excluding steroid dienone is 2. The minimum absolute atomic E-state index is 0. The second-order valence-corrected chi connectivity index (χ2v) is 5.49. The quantitative estimate of drug-likeness (QED) is 0.783. The van der Waals surface area contributed by atoms with Crippen molar-refractivity contribution in [2.24, 2.45) is 0 Å². The number of nitrogens with one attached hydrogen (secondary N) is 2. The molecule has 0 fully saturated rings. The molecule has 0 aliphatic heterocycles. The van der Waals surface area contributed by atoms with Crippen molar-refractivity contribution in [3.63, 3.8) is 0 Å². The molecule has 2 nitrogen and oxygen atoms in total. The van der Waals surface area contributed by atoms with E-state index >= 15 is 0 Å². The second kappa shape index (κ2) is 7.07. The van der Waals surface area contributed by atoms with Crippen molar-refractivity contribution in [1.29, 1.82) is 0 Å². The lowest BCUT2D eigenvalue weighted by molar-refractivity contribution is 1.09. The van der Waals surface area contributed by atoms with Gasteiger partial charge in [-0.05, 0) is 42.3 Å². The average molecular weight is 303 g/mol. The molecule has 3 rings (SSSR count). The van der Waals surface area contributed by atoms with Gasteiger partial charge in [0.15, 0.2) is 0 Å². The van der Waals surface area contributed by atoms with Gasteiger partial charge in [0.05, 0.1) is 17.3 Å². The number of hydrogen-bond donors (Lipinski definition) is 2. The van der Waals surface area contributed by atoms with Crippen LogP contribution in [0.1, 0.15) is 25.4 Å². The predicted molar refractivity (Wildman–Crippen MR) is 101 cm³/mol. The van der Waals surface area contributed by atoms with Crippen molar-refractivity contribution in [2.75, 3.05) is 24.2 Å². The van der Waals surface area contributed by atoms with Gasteiger partial charge in [0.1, 0.15) is 0 Å². The van der Waals surface area contributed by atoms with Crippen LogP contribution in [0, 0.1) is 18.3 Å². The predicted octanol–water partition coefficient (Wildman–Crippen LogP) is 4.69. The number of anilines is 2. The molecule has 2 heteroatoms. The van der Waals surface area contributed by atoms with Gasteiger partial charge in [-0.3, -0.25) is 0 Å². The summed E-state index contributed by atoms with van der Waals surface area (Å²) >= 11 is 0. The maximum Gasteiger partial charge on any atom is 0.0672 e. The highest BCUT2D eigenvalue weighted by Gasteiger charge is 2.21. The van der Waals surface area contributed by atoms with Gasteiger partial charge in [-0.1, -0.05) is 42.2 Å². The smallest absolute Gasteiger partial charge is 0.0672 e. The van der Waals surface area contributed by atoms with Crippen LogP contribution in [0.3, 0.4) is 0 Å². The Kier molecular flexibility index (Phi) is 4.68. The first-order valence-corrected chi connectivity index (χ1v) is 7.99. The molecule has 1 unspecified atom stereocenters. The van der Waals surface area contributed by atoms with Crippen LogP contribution in [0.15, 0.2) is 60.2 Å². The molecule has 23 heavy (non-hydrogen) atoms. The van der Waals surface area contributed by atoms with Crippen molar-refractivity contribution in [3.05, 3.63) is 77.7 Å². The molecule has 0 aromatic heterocycles. The van der Waals surface area contributed by atoms with Crippen LogP contribution in [0.2, 0.25) is 0 Å². The fraction of sp³-hybridized carbons (Fsp3) is 0.190. The summed E-state index contributed by atoms with van der Waals surface area (Å²) in [6, 6.07) is 16.6. The third-order valence-electron chi connectivity index (χ3n) is 3.84. The first kappa shape index (κ1) is 15.2. The molecular formula is C21H23N2. The van der Waals surface area contributed by atoms with E-state index in [2.05, 4.69) is 60.1 Å². The maximum absolute atomic E-state index is 3.42. The van der Waals surface area contributed by atoms with Gasteiger partial charge in [-0.15, -0.1) is 0 Å². The molecule has 0 saturated heterocycles. The molecule has 0 bridgehead atoms. The minimum atomic E-state index is 0. The summed E-state index contributed by atoms with van der Waals surface area (Å²) in [4.78, 5) is 0. The van der Waals surface area contributed by atoms with Gasteiger partial charge in [0.25, 0.3) is 0 Å². The van der Waals surface area contributed by atoms with Crippen molar-refractivity contribution in [2.45, 2.75) is 12.8 Å². The van der Waals surface area contributed by atoms with Crippen molar-refractivity contribution >= 4 is 11.4 Å². The van der Waals surface area contributed by atoms with E-state index in [1.54, 1.807) is 0 Å². The van der Waals surface area contributed by atoms with Gasteiger partial charge in [-0.2, -0.15) is 0 Å². The highest BCUT2D eigenvalue weighted by molar-refractivity contribution is 5.71. The Labute approximate surface area is 140 Å². The Morgan fingerprint density at radius 3 is 2.52 bits per heavy atom. The van der Waals surface area contributed by atoms with Crippen molar-refractivity contribution in [1.82, 2.24) is 0 Å². The zero-order chi connectivity index (χ0) is 16.1. The molecule has 0 saturated carbocycles. The summed E-state index contributed by atoms with van der Waals surface area (Å²) in [5.74, 6) is 6.86. The van der Waals surface area contributed by atoms with Crippen LogP contribution in [-0.2, 0) is 0 Å². The molecule has 2 N–H and O–H groups in total. The maximum atomic E-state index is 3.42. The molecule has 1 radical (unpaired) electrons. The van der Waals surface area contributed by atoms with E-state index in [1.807, 2.05) is 37.4 Å². The number of benzene rings is 2. The molecule has 1 aliphatic rings. The number of hydrogen-bond acceptors (Lipinski definition) is 2. The zero-order valence-corrected chi connectivity index (χ0v) is 13.6. The molecule has 117 valence electrons. The van der Waals surface area contributed by atoms with Gasteiger partial charge in [0, 0.05) is 27.0 Å². The summed E-state index contributed by atoms with van der Waals surface area (Å²) < 4.78 is 0. The highest BCUT2D eigenvalue weighted by Crippen LogP contribution is 2.36. The van der Waals surface area contributed by atoms with Gasteiger partial charge in [-0.25, -0.2) is 0 Å². The lowest BCUT2D eigenvalue weighted by Crippen LogP contribution is -2.03. The SMILES string of the molecule is CCNc1cc(C(C#Cc2ccccc2)C2=C[CH]2)ccc1NC.[HH]. The lowest BCUT2D eigenvalue weighted by Gasteiger charge is -2.15. The van der Waals surface area contributed by atoms with E-state index in [-0.39, 0.29) is 7.34 Å². The van der Waals surface area contributed by atoms with E-state index < -0.39 is 0 Å². The molecule has 0 amide bonds. The van der Waals surface area contributed by atoms with E-state index in [0.717, 1.165) is 23.5 Å².